The van der Waals surface area contributed by atoms with E-state index in [0.29, 0.717) is 12.3 Å². The van der Waals surface area contributed by atoms with Crippen LogP contribution in [0.15, 0.2) is 48.5 Å². The summed E-state index contributed by atoms with van der Waals surface area (Å²) in [6.45, 7) is 4.31. The molecule has 0 radical (unpaired) electrons. The van der Waals surface area contributed by atoms with Gasteiger partial charge in [-0.05, 0) is 34.6 Å². The molecule has 21 heavy (non-hydrogen) atoms. The molecule has 0 saturated heterocycles. The van der Waals surface area contributed by atoms with Crippen molar-refractivity contribution in [2.75, 3.05) is 0 Å². The van der Waals surface area contributed by atoms with Crippen LogP contribution < -0.4 is 5.73 Å². The van der Waals surface area contributed by atoms with Crippen molar-refractivity contribution >= 4 is 5.97 Å². The van der Waals surface area contributed by atoms with Gasteiger partial charge in [-0.2, -0.15) is 0 Å². The van der Waals surface area contributed by atoms with Gasteiger partial charge in [0.1, 0.15) is 6.04 Å². The van der Waals surface area contributed by atoms with Crippen molar-refractivity contribution in [3.05, 3.63) is 59.7 Å². The fourth-order valence-corrected chi connectivity index (χ4v) is 2.44. The van der Waals surface area contributed by atoms with Crippen LogP contribution in [0, 0.1) is 0 Å². The molecule has 0 aliphatic carbocycles. The van der Waals surface area contributed by atoms with Gasteiger partial charge in [0, 0.05) is 0 Å². The second-order valence-electron chi connectivity index (χ2n) is 5.59. The maximum absolute atomic E-state index is 10.9. The molecule has 110 valence electrons. The van der Waals surface area contributed by atoms with Crippen LogP contribution in [0.3, 0.4) is 0 Å². The van der Waals surface area contributed by atoms with E-state index < -0.39 is 12.0 Å². The molecule has 0 amide bonds. The normalized spacial score (nSPS) is 12.4. The maximum Gasteiger partial charge on any atom is 0.320 e. The number of hydrogen-bond acceptors (Lipinski definition) is 2. The number of nitrogens with two attached hydrogens (primary N) is 1. The summed E-state index contributed by atoms with van der Waals surface area (Å²) in [6.07, 6.45) is 0.341. The van der Waals surface area contributed by atoms with Crippen LogP contribution in [-0.4, -0.2) is 17.1 Å². The van der Waals surface area contributed by atoms with E-state index >= 15 is 0 Å². The minimum absolute atomic E-state index is 0.341. The number of carboxylic acid groups (broad SMARTS) is 1. The quantitative estimate of drug-likeness (QED) is 0.883. The summed E-state index contributed by atoms with van der Waals surface area (Å²) in [5.41, 5.74) is 10.1. The van der Waals surface area contributed by atoms with Crippen molar-refractivity contribution in [3.63, 3.8) is 0 Å². The lowest BCUT2D eigenvalue weighted by Crippen LogP contribution is -2.32. The average Bonchev–Trinajstić information content (AvgIpc) is 2.47. The van der Waals surface area contributed by atoms with Gasteiger partial charge >= 0.3 is 5.97 Å². The van der Waals surface area contributed by atoms with E-state index in [4.69, 9.17) is 10.8 Å². The molecule has 0 fully saturated rings. The summed E-state index contributed by atoms with van der Waals surface area (Å²) in [7, 11) is 0. The predicted molar refractivity (Wildman–Crippen MR) is 85.3 cm³/mol. The molecule has 0 bridgehead atoms. The van der Waals surface area contributed by atoms with Crippen molar-refractivity contribution in [1.29, 1.82) is 0 Å². The highest BCUT2D eigenvalue weighted by atomic mass is 16.4. The standard InChI is InChI=1S/C18H21NO2/c1-12(2)15-9-8-13(11-17(19)18(20)21)10-16(15)14-6-4-3-5-7-14/h3-10,12,17H,11,19H2,1-2H3,(H,20,21). The SMILES string of the molecule is CC(C)c1ccc(CC(N)C(=O)O)cc1-c1ccccc1. The minimum atomic E-state index is -0.968. The third kappa shape index (κ3) is 3.70. The molecule has 0 saturated carbocycles. The highest BCUT2D eigenvalue weighted by Crippen LogP contribution is 2.30. The van der Waals surface area contributed by atoms with Crippen LogP contribution in [0.4, 0.5) is 0 Å². The summed E-state index contributed by atoms with van der Waals surface area (Å²) in [6, 6.07) is 15.4. The fraction of sp³-hybridized carbons (Fsp3) is 0.278. The Labute approximate surface area is 125 Å². The van der Waals surface area contributed by atoms with E-state index in [1.54, 1.807) is 0 Å². The number of aliphatic carboxylic acids is 1. The summed E-state index contributed by atoms with van der Waals surface area (Å²) in [5.74, 6) is -0.563. The van der Waals surface area contributed by atoms with Crippen LogP contribution >= 0.6 is 0 Å². The molecule has 3 heteroatoms. The lowest BCUT2D eigenvalue weighted by atomic mass is 9.90. The molecule has 0 aliphatic rings. The van der Waals surface area contributed by atoms with Gasteiger partial charge < -0.3 is 10.8 Å². The third-order valence-corrected chi connectivity index (χ3v) is 3.60. The van der Waals surface area contributed by atoms with Crippen molar-refractivity contribution in [1.82, 2.24) is 0 Å². The molecule has 2 aromatic carbocycles. The molecule has 2 aromatic rings. The van der Waals surface area contributed by atoms with Crippen molar-refractivity contribution in [2.24, 2.45) is 5.73 Å². The molecular weight excluding hydrogens is 262 g/mol. The molecule has 3 N–H and O–H groups in total. The second kappa shape index (κ2) is 6.55. The molecule has 0 aromatic heterocycles. The number of benzene rings is 2. The topological polar surface area (TPSA) is 63.3 Å². The van der Waals surface area contributed by atoms with Gasteiger partial charge in [-0.3, -0.25) is 4.79 Å². The van der Waals surface area contributed by atoms with Gasteiger partial charge in [0.25, 0.3) is 0 Å². The van der Waals surface area contributed by atoms with E-state index in [0.717, 1.165) is 16.7 Å². The number of carbonyl (C=O) groups is 1. The molecule has 0 heterocycles. The lowest BCUT2D eigenvalue weighted by molar-refractivity contribution is -0.138. The van der Waals surface area contributed by atoms with Crippen LogP contribution in [0.1, 0.15) is 30.9 Å². The number of rotatable bonds is 5. The Morgan fingerprint density at radius 2 is 1.81 bits per heavy atom. The summed E-state index contributed by atoms with van der Waals surface area (Å²) in [5, 5.41) is 8.95. The Morgan fingerprint density at radius 3 is 2.38 bits per heavy atom. The smallest absolute Gasteiger partial charge is 0.320 e. The molecule has 2 rings (SSSR count). The van der Waals surface area contributed by atoms with Gasteiger partial charge in [-0.25, -0.2) is 0 Å². The zero-order chi connectivity index (χ0) is 15.4. The Hall–Kier alpha value is -2.13. The Balaban J connectivity index is 2.42. The Morgan fingerprint density at radius 1 is 1.14 bits per heavy atom. The molecular formula is C18H21NO2. The van der Waals surface area contributed by atoms with Gasteiger partial charge in [-0.1, -0.05) is 62.4 Å². The molecule has 1 unspecified atom stereocenters. The van der Waals surface area contributed by atoms with E-state index in [9.17, 15) is 4.79 Å². The second-order valence-corrected chi connectivity index (χ2v) is 5.59. The summed E-state index contributed by atoms with van der Waals surface area (Å²) < 4.78 is 0. The van der Waals surface area contributed by atoms with Gasteiger partial charge in [0.2, 0.25) is 0 Å². The van der Waals surface area contributed by atoms with Crippen molar-refractivity contribution < 1.29 is 9.90 Å². The first-order chi connectivity index (χ1) is 9.99. The Kier molecular flexibility index (Phi) is 4.76. The Bertz CT molecular complexity index is 620. The summed E-state index contributed by atoms with van der Waals surface area (Å²) >= 11 is 0. The highest BCUT2D eigenvalue weighted by Gasteiger charge is 2.14. The van der Waals surface area contributed by atoms with Crippen LogP contribution in [0.2, 0.25) is 0 Å². The van der Waals surface area contributed by atoms with Crippen LogP contribution in [0.5, 0.6) is 0 Å². The largest absolute Gasteiger partial charge is 0.480 e. The van der Waals surface area contributed by atoms with Crippen LogP contribution in [-0.2, 0) is 11.2 Å². The van der Waals surface area contributed by atoms with E-state index in [1.807, 2.05) is 24.3 Å². The zero-order valence-corrected chi connectivity index (χ0v) is 12.4. The van der Waals surface area contributed by atoms with Crippen molar-refractivity contribution in [2.45, 2.75) is 32.2 Å². The first kappa shape index (κ1) is 15.3. The average molecular weight is 283 g/mol. The number of carboxylic acids is 1. The molecule has 3 nitrogen and oxygen atoms in total. The van der Waals surface area contributed by atoms with Gasteiger partial charge in [-0.15, -0.1) is 0 Å². The first-order valence-corrected chi connectivity index (χ1v) is 7.15. The number of hydrogen-bond donors (Lipinski definition) is 2. The van der Waals surface area contributed by atoms with E-state index in [1.165, 1.54) is 5.56 Å². The third-order valence-electron chi connectivity index (χ3n) is 3.60. The highest BCUT2D eigenvalue weighted by molar-refractivity contribution is 5.74. The maximum atomic E-state index is 10.9. The molecule has 1 atom stereocenters. The van der Waals surface area contributed by atoms with Crippen molar-refractivity contribution in [3.8, 4) is 11.1 Å². The van der Waals surface area contributed by atoms with Gasteiger partial charge in [0.15, 0.2) is 0 Å². The minimum Gasteiger partial charge on any atom is -0.480 e. The predicted octanol–water partition coefficient (Wildman–Crippen LogP) is 3.43. The van der Waals surface area contributed by atoms with Gasteiger partial charge in [0.05, 0.1) is 0 Å². The van der Waals surface area contributed by atoms with E-state index in [2.05, 4.69) is 38.1 Å². The summed E-state index contributed by atoms with van der Waals surface area (Å²) in [4.78, 5) is 10.9. The fourth-order valence-electron chi connectivity index (χ4n) is 2.44. The zero-order valence-electron chi connectivity index (χ0n) is 12.4. The molecule has 0 aliphatic heterocycles. The monoisotopic (exact) mass is 283 g/mol. The molecule has 0 spiro atoms. The van der Waals surface area contributed by atoms with Crippen LogP contribution in [0.25, 0.3) is 11.1 Å². The first-order valence-electron chi connectivity index (χ1n) is 7.15. The lowest BCUT2D eigenvalue weighted by Gasteiger charge is -2.16. The van der Waals surface area contributed by atoms with E-state index in [-0.39, 0.29) is 0 Å².